The summed E-state index contributed by atoms with van der Waals surface area (Å²) in [4.78, 5) is 14.5. The Labute approximate surface area is 146 Å². The Hall–Kier alpha value is -2.25. The Morgan fingerprint density at radius 1 is 1.40 bits per heavy atom. The highest BCUT2D eigenvalue weighted by molar-refractivity contribution is 6.03. The topological polar surface area (TPSA) is 70.4 Å². The standard InChI is InChI=1S/C18H23FN4O2/c1-13(24)12-22-9-6-16(7-10-22)23-17(5-8-20-23)21-18(25)14-3-2-4-15(19)11-14/h2-5,8,11,13,16,24H,6-7,9-10,12H2,1H3,(H,21,25). The Kier molecular flexibility index (Phi) is 5.45. The summed E-state index contributed by atoms with van der Waals surface area (Å²) in [6, 6.07) is 7.56. The third kappa shape index (κ3) is 4.43. The van der Waals surface area contributed by atoms with E-state index in [2.05, 4.69) is 15.3 Å². The molecule has 6 nitrogen and oxygen atoms in total. The molecule has 0 spiro atoms. The van der Waals surface area contributed by atoms with Gasteiger partial charge in [0.15, 0.2) is 0 Å². The van der Waals surface area contributed by atoms with E-state index in [1.807, 2.05) is 4.68 Å². The molecular weight excluding hydrogens is 323 g/mol. The number of anilines is 1. The number of amides is 1. The van der Waals surface area contributed by atoms with Gasteiger partial charge in [-0.1, -0.05) is 6.07 Å². The minimum atomic E-state index is -0.438. The largest absolute Gasteiger partial charge is 0.392 e. The van der Waals surface area contributed by atoms with Crippen LogP contribution < -0.4 is 5.32 Å². The summed E-state index contributed by atoms with van der Waals surface area (Å²) in [6.07, 6.45) is 3.13. The zero-order valence-corrected chi connectivity index (χ0v) is 14.2. The highest BCUT2D eigenvalue weighted by Crippen LogP contribution is 2.25. The van der Waals surface area contributed by atoms with Crippen LogP contribution in [0.15, 0.2) is 36.5 Å². The average molecular weight is 346 g/mol. The van der Waals surface area contributed by atoms with Crippen LogP contribution in [0.3, 0.4) is 0 Å². The maximum absolute atomic E-state index is 13.3. The number of aromatic nitrogens is 2. The van der Waals surface area contributed by atoms with E-state index >= 15 is 0 Å². The lowest BCUT2D eigenvalue weighted by Gasteiger charge is -2.33. The quantitative estimate of drug-likeness (QED) is 0.871. The lowest BCUT2D eigenvalue weighted by atomic mass is 10.0. The first-order chi connectivity index (χ1) is 12.0. The molecule has 2 aromatic rings. The van der Waals surface area contributed by atoms with E-state index in [-0.39, 0.29) is 23.6 Å². The molecule has 1 atom stereocenters. The van der Waals surface area contributed by atoms with Gasteiger partial charge in [0.2, 0.25) is 0 Å². The van der Waals surface area contributed by atoms with Crippen molar-refractivity contribution in [2.24, 2.45) is 0 Å². The molecule has 7 heteroatoms. The van der Waals surface area contributed by atoms with Gasteiger partial charge >= 0.3 is 0 Å². The average Bonchev–Trinajstić information content (AvgIpc) is 3.03. The van der Waals surface area contributed by atoms with Crippen molar-refractivity contribution in [3.63, 3.8) is 0 Å². The van der Waals surface area contributed by atoms with Crippen molar-refractivity contribution < 1.29 is 14.3 Å². The van der Waals surface area contributed by atoms with Crippen molar-refractivity contribution in [3.8, 4) is 0 Å². The second-order valence-electron chi connectivity index (χ2n) is 6.51. The van der Waals surface area contributed by atoms with E-state index in [1.54, 1.807) is 25.3 Å². The van der Waals surface area contributed by atoms with Crippen LogP contribution in [0.4, 0.5) is 10.2 Å². The molecule has 2 N–H and O–H groups in total. The van der Waals surface area contributed by atoms with Crippen molar-refractivity contribution in [2.75, 3.05) is 25.0 Å². The number of nitrogens with one attached hydrogen (secondary N) is 1. The molecule has 1 amide bonds. The lowest BCUT2D eigenvalue weighted by Crippen LogP contribution is -2.39. The van der Waals surface area contributed by atoms with Crippen LogP contribution in [0, 0.1) is 5.82 Å². The first-order valence-corrected chi connectivity index (χ1v) is 8.54. The molecule has 134 valence electrons. The summed E-state index contributed by atoms with van der Waals surface area (Å²) in [5.41, 5.74) is 0.277. The van der Waals surface area contributed by atoms with E-state index < -0.39 is 5.82 Å². The molecule has 0 radical (unpaired) electrons. The minimum Gasteiger partial charge on any atom is -0.392 e. The maximum Gasteiger partial charge on any atom is 0.256 e. The number of likely N-dealkylation sites (tertiary alicyclic amines) is 1. The Morgan fingerprint density at radius 2 is 2.16 bits per heavy atom. The number of aliphatic hydroxyl groups excluding tert-OH is 1. The van der Waals surface area contributed by atoms with Crippen LogP contribution in [0.1, 0.15) is 36.2 Å². The number of aliphatic hydroxyl groups is 1. The first-order valence-electron chi connectivity index (χ1n) is 8.54. The molecular formula is C18H23FN4O2. The van der Waals surface area contributed by atoms with Gasteiger partial charge in [0.25, 0.3) is 5.91 Å². The number of halogens is 1. The van der Waals surface area contributed by atoms with Gasteiger partial charge in [-0.05, 0) is 38.0 Å². The molecule has 1 unspecified atom stereocenters. The number of carbonyl (C=O) groups is 1. The molecule has 0 aliphatic carbocycles. The fourth-order valence-corrected chi connectivity index (χ4v) is 3.24. The number of piperidine rings is 1. The van der Waals surface area contributed by atoms with Crippen LogP contribution in [-0.4, -0.2) is 51.4 Å². The predicted octanol–water partition coefficient (Wildman–Crippen LogP) is 2.29. The third-order valence-electron chi connectivity index (χ3n) is 4.42. The van der Waals surface area contributed by atoms with E-state index in [1.165, 1.54) is 18.2 Å². The number of rotatable bonds is 5. The van der Waals surface area contributed by atoms with E-state index in [9.17, 15) is 14.3 Å². The van der Waals surface area contributed by atoms with Crippen LogP contribution in [0.2, 0.25) is 0 Å². The fourth-order valence-electron chi connectivity index (χ4n) is 3.24. The second-order valence-corrected chi connectivity index (χ2v) is 6.51. The predicted molar refractivity (Wildman–Crippen MR) is 93.0 cm³/mol. The van der Waals surface area contributed by atoms with Crippen molar-refractivity contribution in [2.45, 2.75) is 31.9 Å². The molecule has 3 rings (SSSR count). The van der Waals surface area contributed by atoms with Crippen molar-refractivity contribution in [3.05, 3.63) is 47.9 Å². The van der Waals surface area contributed by atoms with Crippen LogP contribution in [0.5, 0.6) is 0 Å². The van der Waals surface area contributed by atoms with E-state index in [0.717, 1.165) is 25.9 Å². The van der Waals surface area contributed by atoms with Crippen LogP contribution in [-0.2, 0) is 0 Å². The Balaban J connectivity index is 1.64. The van der Waals surface area contributed by atoms with Crippen molar-refractivity contribution in [1.82, 2.24) is 14.7 Å². The summed E-state index contributed by atoms with van der Waals surface area (Å²) in [6.45, 7) is 4.23. The number of β-amino-alcohol motifs (C(OH)–C–C–N with tert-alkyl or cyclic N) is 1. The number of hydrogen-bond donors (Lipinski definition) is 2. The van der Waals surface area contributed by atoms with Crippen molar-refractivity contribution in [1.29, 1.82) is 0 Å². The van der Waals surface area contributed by atoms with Gasteiger partial charge < -0.3 is 15.3 Å². The molecule has 1 fully saturated rings. The molecule has 0 saturated carbocycles. The van der Waals surface area contributed by atoms with Gasteiger partial charge in [0.1, 0.15) is 11.6 Å². The molecule has 1 aliphatic rings. The monoisotopic (exact) mass is 346 g/mol. The summed E-state index contributed by atoms with van der Waals surface area (Å²) in [7, 11) is 0. The maximum atomic E-state index is 13.3. The van der Waals surface area contributed by atoms with Gasteiger partial charge in [-0.3, -0.25) is 4.79 Å². The van der Waals surface area contributed by atoms with Gasteiger partial charge in [-0.2, -0.15) is 5.10 Å². The number of benzene rings is 1. The summed E-state index contributed by atoms with van der Waals surface area (Å²) < 4.78 is 15.1. The normalized spacial score (nSPS) is 17.4. The zero-order valence-electron chi connectivity index (χ0n) is 14.2. The number of nitrogens with zero attached hydrogens (tertiary/aromatic N) is 3. The van der Waals surface area contributed by atoms with Crippen molar-refractivity contribution >= 4 is 11.7 Å². The van der Waals surface area contributed by atoms with Gasteiger partial charge in [-0.25, -0.2) is 9.07 Å². The van der Waals surface area contributed by atoms with E-state index in [0.29, 0.717) is 12.4 Å². The molecule has 1 aliphatic heterocycles. The van der Waals surface area contributed by atoms with E-state index in [4.69, 9.17) is 0 Å². The van der Waals surface area contributed by atoms with Crippen LogP contribution in [0.25, 0.3) is 0 Å². The molecule has 1 saturated heterocycles. The highest BCUT2D eigenvalue weighted by atomic mass is 19.1. The second kappa shape index (κ2) is 7.76. The third-order valence-corrected chi connectivity index (χ3v) is 4.42. The first kappa shape index (κ1) is 17.6. The molecule has 0 bridgehead atoms. The lowest BCUT2D eigenvalue weighted by molar-refractivity contribution is 0.0987. The Bertz CT molecular complexity index is 723. The number of carbonyl (C=O) groups excluding carboxylic acids is 1. The van der Waals surface area contributed by atoms with Gasteiger partial charge in [0.05, 0.1) is 18.3 Å². The smallest absolute Gasteiger partial charge is 0.256 e. The summed E-state index contributed by atoms with van der Waals surface area (Å²) in [5.74, 6) is -0.178. The highest BCUT2D eigenvalue weighted by Gasteiger charge is 2.23. The zero-order chi connectivity index (χ0) is 17.8. The SMILES string of the molecule is CC(O)CN1CCC(n2nccc2NC(=O)c2cccc(F)c2)CC1. The summed E-state index contributed by atoms with van der Waals surface area (Å²) in [5, 5.41) is 16.7. The molecule has 2 heterocycles. The molecule has 1 aromatic carbocycles. The minimum absolute atomic E-state index is 0.197. The summed E-state index contributed by atoms with van der Waals surface area (Å²) >= 11 is 0. The Morgan fingerprint density at radius 3 is 2.84 bits per heavy atom. The fraction of sp³-hybridized carbons (Fsp3) is 0.444. The molecule has 25 heavy (non-hydrogen) atoms. The van der Waals surface area contributed by atoms with Gasteiger partial charge in [-0.15, -0.1) is 0 Å². The number of hydrogen-bond acceptors (Lipinski definition) is 4. The van der Waals surface area contributed by atoms with Gasteiger partial charge in [0, 0.05) is 31.3 Å². The van der Waals surface area contributed by atoms with Crippen LogP contribution >= 0.6 is 0 Å². The molecule has 1 aromatic heterocycles.